The van der Waals surface area contributed by atoms with E-state index >= 15 is 0 Å². The third-order valence-electron chi connectivity index (χ3n) is 4.27. The van der Waals surface area contributed by atoms with Gasteiger partial charge < -0.3 is 15.0 Å². The van der Waals surface area contributed by atoms with Crippen LogP contribution in [-0.4, -0.2) is 24.2 Å². The van der Waals surface area contributed by atoms with Gasteiger partial charge in [0.25, 0.3) is 0 Å². The molecular formula is C13H20N2O2. The smallest absolute Gasteiger partial charge is 0.354 e. The predicted molar refractivity (Wildman–Crippen MR) is 65.9 cm³/mol. The Morgan fingerprint density at radius 2 is 2.12 bits per heavy atom. The Kier molecular flexibility index (Phi) is 2.58. The highest BCUT2D eigenvalue weighted by Crippen LogP contribution is 2.63. The van der Waals surface area contributed by atoms with Crippen molar-refractivity contribution in [2.45, 2.75) is 25.7 Å². The summed E-state index contributed by atoms with van der Waals surface area (Å²) in [6, 6.07) is 3.81. The average Bonchev–Trinajstić information content (AvgIpc) is 2.65. The van der Waals surface area contributed by atoms with Crippen LogP contribution in [0.25, 0.3) is 0 Å². The van der Waals surface area contributed by atoms with Gasteiger partial charge in [0, 0.05) is 24.7 Å². The molecule has 1 fully saturated rings. The minimum Gasteiger partial charge on any atom is -0.464 e. The van der Waals surface area contributed by atoms with E-state index in [-0.39, 0.29) is 16.8 Å². The van der Waals surface area contributed by atoms with Gasteiger partial charge in [-0.15, -0.1) is 0 Å². The molecule has 0 spiro atoms. The van der Waals surface area contributed by atoms with E-state index in [2.05, 4.69) is 13.8 Å². The molecule has 0 aromatic carbocycles. The molecule has 0 bridgehead atoms. The molecule has 1 heterocycles. The number of hydrogen-bond acceptors (Lipinski definition) is 3. The number of methoxy groups -OCH3 is 1. The first-order valence-corrected chi connectivity index (χ1v) is 5.84. The molecule has 1 unspecified atom stereocenters. The van der Waals surface area contributed by atoms with Gasteiger partial charge >= 0.3 is 5.97 Å². The molecule has 1 aliphatic carbocycles. The molecule has 0 saturated heterocycles. The van der Waals surface area contributed by atoms with Crippen LogP contribution >= 0.6 is 0 Å². The highest BCUT2D eigenvalue weighted by atomic mass is 16.5. The maximum Gasteiger partial charge on any atom is 0.354 e. The SMILES string of the molecule is COC(=O)c1ccc(C2(CN)CC2(C)C)n1C. The molecule has 1 aromatic rings. The van der Waals surface area contributed by atoms with Crippen LogP contribution in [0.3, 0.4) is 0 Å². The number of aromatic nitrogens is 1. The van der Waals surface area contributed by atoms with Crippen LogP contribution < -0.4 is 5.73 Å². The Morgan fingerprint density at radius 3 is 2.53 bits per heavy atom. The topological polar surface area (TPSA) is 57.2 Å². The number of ether oxygens (including phenoxy) is 1. The Bertz CT molecular complexity index is 462. The number of nitrogens with zero attached hydrogens (tertiary/aromatic N) is 1. The summed E-state index contributed by atoms with van der Waals surface area (Å²) in [4.78, 5) is 11.6. The third kappa shape index (κ3) is 1.51. The maximum absolute atomic E-state index is 11.6. The van der Waals surface area contributed by atoms with E-state index in [1.54, 1.807) is 0 Å². The number of nitrogens with two attached hydrogens (primary N) is 1. The molecule has 1 aliphatic rings. The van der Waals surface area contributed by atoms with Crippen molar-refractivity contribution in [1.82, 2.24) is 4.57 Å². The molecule has 0 aliphatic heterocycles. The Labute approximate surface area is 102 Å². The lowest BCUT2D eigenvalue weighted by molar-refractivity contribution is 0.0589. The molecular weight excluding hydrogens is 216 g/mol. The van der Waals surface area contributed by atoms with Crippen molar-refractivity contribution in [3.05, 3.63) is 23.5 Å². The number of rotatable bonds is 3. The van der Waals surface area contributed by atoms with E-state index in [1.807, 2.05) is 23.7 Å². The molecule has 2 rings (SSSR count). The molecule has 1 saturated carbocycles. The fourth-order valence-corrected chi connectivity index (χ4v) is 2.90. The van der Waals surface area contributed by atoms with Gasteiger partial charge in [-0.1, -0.05) is 13.8 Å². The van der Waals surface area contributed by atoms with Gasteiger partial charge in [-0.25, -0.2) is 4.79 Å². The van der Waals surface area contributed by atoms with Crippen LogP contribution in [0.2, 0.25) is 0 Å². The van der Waals surface area contributed by atoms with Crippen LogP contribution in [0.4, 0.5) is 0 Å². The van der Waals surface area contributed by atoms with Crippen LogP contribution in [0.15, 0.2) is 12.1 Å². The van der Waals surface area contributed by atoms with E-state index in [9.17, 15) is 4.79 Å². The summed E-state index contributed by atoms with van der Waals surface area (Å²) in [5.74, 6) is -0.302. The second-order valence-corrected chi connectivity index (χ2v) is 5.50. The lowest BCUT2D eigenvalue weighted by Crippen LogP contribution is -2.28. The van der Waals surface area contributed by atoms with E-state index in [0.29, 0.717) is 12.2 Å². The molecule has 0 radical (unpaired) electrons. The van der Waals surface area contributed by atoms with Crippen molar-refractivity contribution < 1.29 is 9.53 Å². The zero-order valence-electron chi connectivity index (χ0n) is 10.9. The molecule has 4 heteroatoms. The minimum absolute atomic E-state index is 0.00796. The monoisotopic (exact) mass is 236 g/mol. The van der Waals surface area contributed by atoms with Crippen LogP contribution in [0, 0.1) is 5.41 Å². The molecule has 1 aromatic heterocycles. The van der Waals surface area contributed by atoms with Gasteiger partial charge in [-0.3, -0.25) is 0 Å². The van der Waals surface area contributed by atoms with Gasteiger partial charge in [0.2, 0.25) is 0 Å². The summed E-state index contributed by atoms with van der Waals surface area (Å²) < 4.78 is 6.67. The molecule has 2 N–H and O–H groups in total. The lowest BCUT2D eigenvalue weighted by atomic mass is 9.92. The summed E-state index contributed by atoms with van der Waals surface area (Å²) in [6.45, 7) is 5.04. The fourth-order valence-electron chi connectivity index (χ4n) is 2.90. The largest absolute Gasteiger partial charge is 0.464 e. The van der Waals surface area contributed by atoms with Crippen LogP contribution in [0.1, 0.15) is 36.5 Å². The van der Waals surface area contributed by atoms with E-state index in [4.69, 9.17) is 10.5 Å². The number of carbonyl (C=O) groups is 1. The maximum atomic E-state index is 11.6. The van der Waals surface area contributed by atoms with Gasteiger partial charge in [0.1, 0.15) is 5.69 Å². The summed E-state index contributed by atoms with van der Waals surface area (Å²) in [6.07, 6.45) is 1.06. The van der Waals surface area contributed by atoms with Crippen LogP contribution in [0.5, 0.6) is 0 Å². The second kappa shape index (κ2) is 3.60. The highest BCUT2D eigenvalue weighted by Gasteiger charge is 2.62. The number of esters is 1. The van der Waals surface area contributed by atoms with Crippen molar-refractivity contribution in [1.29, 1.82) is 0 Å². The van der Waals surface area contributed by atoms with E-state index in [0.717, 1.165) is 12.1 Å². The summed E-state index contributed by atoms with van der Waals surface area (Å²) in [5, 5.41) is 0. The summed E-state index contributed by atoms with van der Waals surface area (Å²) >= 11 is 0. The van der Waals surface area contributed by atoms with E-state index < -0.39 is 0 Å². The number of hydrogen-bond donors (Lipinski definition) is 1. The van der Waals surface area contributed by atoms with Crippen molar-refractivity contribution in [2.24, 2.45) is 18.2 Å². The van der Waals surface area contributed by atoms with E-state index in [1.165, 1.54) is 7.11 Å². The Hall–Kier alpha value is -1.29. The highest BCUT2D eigenvalue weighted by molar-refractivity contribution is 5.88. The van der Waals surface area contributed by atoms with Crippen molar-refractivity contribution in [3.63, 3.8) is 0 Å². The van der Waals surface area contributed by atoms with Gasteiger partial charge in [0.15, 0.2) is 0 Å². The average molecular weight is 236 g/mol. The van der Waals surface area contributed by atoms with Crippen LogP contribution in [-0.2, 0) is 17.2 Å². The first kappa shape index (κ1) is 12.2. The fraction of sp³-hybridized carbons (Fsp3) is 0.615. The summed E-state index contributed by atoms with van der Waals surface area (Å²) in [7, 11) is 3.29. The quantitative estimate of drug-likeness (QED) is 0.808. The molecule has 94 valence electrons. The Morgan fingerprint density at radius 1 is 1.53 bits per heavy atom. The van der Waals surface area contributed by atoms with Crippen molar-refractivity contribution >= 4 is 5.97 Å². The normalized spacial score (nSPS) is 25.7. The molecule has 17 heavy (non-hydrogen) atoms. The van der Waals surface area contributed by atoms with Crippen molar-refractivity contribution in [3.8, 4) is 0 Å². The second-order valence-electron chi connectivity index (χ2n) is 5.50. The molecule has 4 nitrogen and oxygen atoms in total. The zero-order chi connectivity index (χ0) is 12.8. The lowest BCUT2D eigenvalue weighted by Gasteiger charge is -2.20. The minimum atomic E-state index is -0.302. The molecule has 0 amide bonds. The van der Waals surface area contributed by atoms with Gasteiger partial charge in [-0.2, -0.15) is 0 Å². The third-order valence-corrected chi connectivity index (χ3v) is 4.27. The predicted octanol–water partition coefficient (Wildman–Crippen LogP) is 1.44. The number of carbonyl (C=O) groups excluding carboxylic acids is 1. The van der Waals surface area contributed by atoms with Crippen molar-refractivity contribution in [2.75, 3.05) is 13.7 Å². The summed E-state index contributed by atoms with van der Waals surface area (Å²) in [5.41, 5.74) is 7.86. The van der Waals surface area contributed by atoms with Gasteiger partial charge in [0.05, 0.1) is 7.11 Å². The zero-order valence-corrected chi connectivity index (χ0v) is 10.9. The Balaban J connectivity index is 2.42. The van der Waals surface area contributed by atoms with Gasteiger partial charge in [-0.05, 0) is 24.0 Å². The standard InChI is InChI=1S/C13H20N2O2/c1-12(2)7-13(12,8-14)10-6-5-9(15(10)3)11(16)17-4/h5-6H,7-8,14H2,1-4H3. The first-order valence-electron chi connectivity index (χ1n) is 5.84. The molecule has 1 atom stereocenters. The first-order chi connectivity index (χ1) is 7.89.